The molecule has 1 unspecified atom stereocenters. The molecule has 21 heavy (non-hydrogen) atoms. The van der Waals surface area contributed by atoms with Gasteiger partial charge in [0.15, 0.2) is 0 Å². The Labute approximate surface area is 133 Å². The fourth-order valence-corrected chi connectivity index (χ4v) is 3.49. The van der Waals surface area contributed by atoms with E-state index >= 15 is 0 Å². The minimum Gasteiger partial charge on any atom is -0.389 e. The molecular formula is C15H24N2O2S2. The van der Waals surface area contributed by atoms with Crippen molar-refractivity contribution in [3.63, 3.8) is 0 Å². The van der Waals surface area contributed by atoms with Gasteiger partial charge in [0.2, 0.25) is 10.0 Å². The maximum atomic E-state index is 12.3. The molecule has 6 heteroatoms. The van der Waals surface area contributed by atoms with Crippen molar-refractivity contribution in [2.24, 2.45) is 11.7 Å². The van der Waals surface area contributed by atoms with Crippen molar-refractivity contribution < 1.29 is 8.42 Å². The molecule has 0 radical (unpaired) electrons. The van der Waals surface area contributed by atoms with Gasteiger partial charge in [-0.2, -0.15) is 0 Å². The van der Waals surface area contributed by atoms with E-state index in [2.05, 4.69) is 18.6 Å². The Kier molecular flexibility index (Phi) is 6.77. The molecule has 0 spiro atoms. The molecule has 3 N–H and O–H groups in total. The molecule has 118 valence electrons. The van der Waals surface area contributed by atoms with E-state index in [1.54, 1.807) is 18.2 Å². The highest BCUT2D eigenvalue weighted by molar-refractivity contribution is 7.89. The molecular weight excluding hydrogens is 304 g/mol. The number of nitrogens with one attached hydrogen (secondary N) is 1. The van der Waals surface area contributed by atoms with Gasteiger partial charge in [-0.15, -0.1) is 0 Å². The molecule has 0 heterocycles. The monoisotopic (exact) mass is 328 g/mol. The summed E-state index contributed by atoms with van der Waals surface area (Å²) in [5, 5.41) is 0. The number of benzene rings is 1. The molecule has 0 aliphatic rings. The van der Waals surface area contributed by atoms with Crippen LogP contribution in [0, 0.1) is 5.92 Å². The minimum absolute atomic E-state index is 0.0952. The average molecular weight is 329 g/mol. The van der Waals surface area contributed by atoms with Crippen LogP contribution in [0.15, 0.2) is 29.2 Å². The van der Waals surface area contributed by atoms with Gasteiger partial charge in [0.25, 0.3) is 0 Å². The van der Waals surface area contributed by atoms with Crippen molar-refractivity contribution in [2.75, 3.05) is 0 Å². The lowest BCUT2D eigenvalue weighted by Crippen LogP contribution is -2.32. The SMILES string of the molecule is CC(C)CCCC(C)NS(=O)(=O)c1cccc(C(N)=S)c1. The van der Waals surface area contributed by atoms with Gasteiger partial charge in [0.1, 0.15) is 4.99 Å². The quantitative estimate of drug-likeness (QED) is 0.720. The van der Waals surface area contributed by atoms with E-state index in [0.717, 1.165) is 19.3 Å². The zero-order chi connectivity index (χ0) is 16.0. The van der Waals surface area contributed by atoms with Crippen molar-refractivity contribution in [2.45, 2.75) is 51.0 Å². The predicted octanol–water partition coefficient (Wildman–Crippen LogP) is 2.81. The van der Waals surface area contributed by atoms with Gasteiger partial charge < -0.3 is 5.73 Å². The van der Waals surface area contributed by atoms with Crippen LogP contribution >= 0.6 is 12.2 Å². The van der Waals surface area contributed by atoms with Crippen molar-refractivity contribution in [1.29, 1.82) is 0 Å². The van der Waals surface area contributed by atoms with Gasteiger partial charge in [-0.25, -0.2) is 13.1 Å². The lowest BCUT2D eigenvalue weighted by atomic mass is 10.0. The molecule has 0 fully saturated rings. The second kappa shape index (κ2) is 7.87. The summed E-state index contributed by atoms with van der Waals surface area (Å²) in [6.07, 6.45) is 2.93. The van der Waals surface area contributed by atoms with Crippen molar-refractivity contribution >= 4 is 27.2 Å². The number of hydrogen-bond acceptors (Lipinski definition) is 3. The third-order valence-electron chi connectivity index (χ3n) is 3.20. The van der Waals surface area contributed by atoms with E-state index in [-0.39, 0.29) is 15.9 Å². The number of sulfonamides is 1. The zero-order valence-corrected chi connectivity index (χ0v) is 14.4. The molecule has 1 aromatic rings. The largest absolute Gasteiger partial charge is 0.389 e. The normalized spacial score (nSPS) is 13.3. The lowest BCUT2D eigenvalue weighted by Gasteiger charge is -2.15. The highest BCUT2D eigenvalue weighted by atomic mass is 32.2. The molecule has 0 bridgehead atoms. The summed E-state index contributed by atoms with van der Waals surface area (Å²) in [6, 6.07) is 6.30. The Morgan fingerprint density at radius 3 is 2.52 bits per heavy atom. The Morgan fingerprint density at radius 2 is 1.95 bits per heavy atom. The summed E-state index contributed by atoms with van der Waals surface area (Å²) >= 11 is 4.88. The summed E-state index contributed by atoms with van der Waals surface area (Å²) in [5.41, 5.74) is 6.09. The second-order valence-corrected chi connectivity index (χ2v) is 7.89. The van der Waals surface area contributed by atoms with Gasteiger partial charge >= 0.3 is 0 Å². The molecule has 0 saturated carbocycles. The minimum atomic E-state index is -3.53. The van der Waals surface area contributed by atoms with Crippen LogP contribution in [0.1, 0.15) is 45.6 Å². The topological polar surface area (TPSA) is 72.2 Å². The van der Waals surface area contributed by atoms with E-state index < -0.39 is 10.0 Å². The number of nitrogens with two attached hydrogens (primary N) is 1. The Bertz CT molecular complexity index is 583. The Balaban J connectivity index is 2.72. The Hall–Kier alpha value is -0.980. The predicted molar refractivity (Wildman–Crippen MR) is 90.8 cm³/mol. The van der Waals surface area contributed by atoms with Crippen LogP contribution in [-0.4, -0.2) is 19.4 Å². The van der Waals surface area contributed by atoms with Gasteiger partial charge in [0, 0.05) is 11.6 Å². The first kappa shape index (κ1) is 18.1. The fourth-order valence-electron chi connectivity index (χ4n) is 2.04. The van der Waals surface area contributed by atoms with E-state index in [9.17, 15) is 8.42 Å². The summed E-state index contributed by atoms with van der Waals surface area (Å²) < 4.78 is 27.3. The number of rotatable bonds is 8. The highest BCUT2D eigenvalue weighted by Gasteiger charge is 2.17. The van der Waals surface area contributed by atoms with E-state index in [1.165, 1.54) is 6.07 Å². The Morgan fingerprint density at radius 1 is 1.29 bits per heavy atom. The van der Waals surface area contributed by atoms with Crippen molar-refractivity contribution in [3.05, 3.63) is 29.8 Å². The van der Waals surface area contributed by atoms with Crippen LogP contribution in [0.4, 0.5) is 0 Å². The lowest BCUT2D eigenvalue weighted by molar-refractivity contribution is 0.488. The van der Waals surface area contributed by atoms with Crippen LogP contribution < -0.4 is 10.5 Å². The van der Waals surface area contributed by atoms with Gasteiger partial charge in [-0.1, -0.05) is 51.0 Å². The van der Waals surface area contributed by atoms with Crippen LogP contribution in [0.2, 0.25) is 0 Å². The summed E-state index contributed by atoms with van der Waals surface area (Å²) in [5.74, 6) is 0.635. The standard InChI is InChI=1S/C15H24N2O2S2/c1-11(2)6-4-7-12(3)17-21(18,19)14-9-5-8-13(10-14)15(16)20/h5,8-12,17H,4,6-7H2,1-3H3,(H2,16,20). The molecule has 1 aromatic carbocycles. The third kappa shape index (κ3) is 6.11. The molecule has 0 aliphatic carbocycles. The van der Waals surface area contributed by atoms with E-state index in [4.69, 9.17) is 18.0 Å². The van der Waals surface area contributed by atoms with Crippen LogP contribution in [0.3, 0.4) is 0 Å². The smallest absolute Gasteiger partial charge is 0.240 e. The molecule has 1 atom stereocenters. The van der Waals surface area contributed by atoms with E-state index in [1.807, 2.05) is 6.92 Å². The van der Waals surface area contributed by atoms with Gasteiger partial charge in [0.05, 0.1) is 4.90 Å². The average Bonchev–Trinajstić information content (AvgIpc) is 2.37. The summed E-state index contributed by atoms with van der Waals surface area (Å²) in [7, 11) is -3.53. The van der Waals surface area contributed by atoms with E-state index in [0.29, 0.717) is 11.5 Å². The van der Waals surface area contributed by atoms with Gasteiger partial charge in [-0.05, 0) is 31.4 Å². The molecule has 0 aliphatic heterocycles. The van der Waals surface area contributed by atoms with Crippen LogP contribution in [-0.2, 0) is 10.0 Å². The fraction of sp³-hybridized carbons (Fsp3) is 0.533. The number of thiocarbonyl (C=S) groups is 1. The second-order valence-electron chi connectivity index (χ2n) is 5.74. The van der Waals surface area contributed by atoms with Crippen molar-refractivity contribution in [1.82, 2.24) is 4.72 Å². The first-order valence-electron chi connectivity index (χ1n) is 7.14. The summed E-state index contributed by atoms with van der Waals surface area (Å²) in [6.45, 7) is 6.21. The number of hydrogen-bond donors (Lipinski definition) is 2. The van der Waals surface area contributed by atoms with Crippen molar-refractivity contribution in [3.8, 4) is 0 Å². The summed E-state index contributed by atoms with van der Waals surface area (Å²) in [4.78, 5) is 0.389. The maximum Gasteiger partial charge on any atom is 0.240 e. The first-order valence-corrected chi connectivity index (χ1v) is 9.03. The van der Waals surface area contributed by atoms with Crippen LogP contribution in [0.5, 0.6) is 0 Å². The first-order chi connectivity index (χ1) is 9.72. The molecule has 4 nitrogen and oxygen atoms in total. The molecule has 1 rings (SSSR count). The third-order valence-corrected chi connectivity index (χ3v) is 5.03. The highest BCUT2D eigenvalue weighted by Crippen LogP contribution is 2.14. The van der Waals surface area contributed by atoms with Gasteiger partial charge in [-0.3, -0.25) is 0 Å². The molecule has 0 amide bonds. The molecule has 0 saturated heterocycles. The zero-order valence-electron chi connectivity index (χ0n) is 12.8. The van der Waals surface area contributed by atoms with Crippen LogP contribution in [0.25, 0.3) is 0 Å². The molecule has 0 aromatic heterocycles. The maximum absolute atomic E-state index is 12.3.